The summed E-state index contributed by atoms with van der Waals surface area (Å²) in [6, 6.07) is 14.1. The topological polar surface area (TPSA) is 47.0 Å². The van der Waals surface area contributed by atoms with E-state index in [4.69, 9.17) is 14.7 Å². The Hall–Kier alpha value is -3.40. The van der Waals surface area contributed by atoms with Crippen LogP contribution in [0.15, 0.2) is 73.3 Å². The van der Waals surface area contributed by atoms with E-state index < -0.39 is 0 Å². The van der Waals surface area contributed by atoms with Gasteiger partial charge in [0.25, 0.3) is 0 Å². The number of benzene rings is 2. The van der Waals surface area contributed by atoms with Crippen molar-refractivity contribution < 1.29 is 4.74 Å². The van der Waals surface area contributed by atoms with Crippen molar-refractivity contribution in [2.75, 3.05) is 19.5 Å². The van der Waals surface area contributed by atoms with Gasteiger partial charge in [0.05, 0.1) is 12.6 Å². The molecule has 1 N–H and O–H groups in total. The smallest absolute Gasteiger partial charge is 0.162 e. The van der Waals surface area contributed by atoms with E-state index in [1.165, 1.54) is 0 Å². The van der Waals surface area contributed by atoms with E-state index in [0.717, 1.165) is 39.2 Å². The maximum Gasteiger partial charge on any atom is 0.162 e. The molecule has 0 aliphatic carbocycles. The zero-order valence-corrected chi connectivity index (χ0v) is 17.9. The fourth-order valence-corrected chi connectivity index (χ4v) is 2.93. The van der Waals surface area contributed by atoms with Crippen LogP contribution < -0.4 is 10.1 Å². The lowest BCUT2D eigenvalue weighted by Gasteiger charge is -2.12. The van der Waals surface area contributed by atoms with Gasteiger partial charge in [0, 0.05) is 23.6 Å². The van der Waals surface area contributed by atoms with E-state index in [1.807, 2.05) is 76.4 Å². The first-order chi connectivity index (χ1) is 14.2. The molecule has 0 atom stereocenters. The maximum absolute atomic E-state index is 5.38. The second-order valence-electron chi connectivity index (χ2n) is 5.93. The average Bonchev–Trinajstić information content (AvgIpc) is 2.80. The van der Waals surface area contributed by atoms with Gasteiger partial charge in [-0.1, -0.05) is 69.0 Å². The number of nitrogens with one attached hydrogen (secondary N) is 1. The van der Waals surface area contributed by atoms with Crippen molar-refractivity contribution in [1.29, 1.82) is 0 Å². The number of anilines is 1. The van der Waals surface area contributed by atoms with Gasteiger partial charge < -0.3 is 10.1 Å². The summed E-state index contributed by atoms with van der Waals surface area (Å²) in [7, 11) is 3.54. The molecule has 4 nitrogen and oxygen atoms in total. The largest absolute Gasteiger partial charge is 0.497 e. The van der Waals surface area contributed by atoms with Crippen LogP contribution in [0.25, 0.3) is 27.6 Å². The van der Waals surface area contributed by atoms with E-state index in [0.29, 0.717) is 5.82 Å². The zero-order valence-electron chi connectivity index (χ0n) is 17.9. The van der Waals surface area contributed by atoms with Crippen molar-refractivity contribution >= 4 is 22.3 Å². The van der Waals surface area contributed by atoms with Crippen molar-refractivity contribution in [3.63, 3.8) is 0 Å². The highest BCUT2D eigenvalue weighted by atomic mass is 16.5. The van der Waals surface area contributed by atoms with Crippen LogP contribution in [0.1, 0.15) is 26.6 Å². The summed E-state index contributed by atoms with van der Waals surface area (Å²) in [5.41, 5.74) is 3.82. The van der Waals surface area contributed by atoms with Gasteiger partial charge in [-0.05, 0) is 30.7 Å². The van der Waals surface area contributed by atoms with Crippen LogP contribution in [0.5, 0.6) is 5.75 Å². The number of methoxy groups -OCH3 is 1. The molecule has 29 heavy (non-hydrogen) atoms. The quantitative estimate of drug-likeness (QED) is 0.489. The third kappa shape index (κ3) is 4.91. The Labute approximate surface area is 173 Å². The van der Waals surface area contributed by atoms with Crippen molar-refractivity contribution in [1.82, 2.24) is 9.97 Å². The number of allylic oxidation sites excluding steroid dienone is 5. The average molecular weight is 388 g/mol. The molecule has 0 radical (unpaired) electrons. The van der Waals surface area contributed by atoms with Gasteiger partial charge in [0.15, 0.2) is 5.82 Å². The number of fused-ring (bicyclic) bond motifs is 1. The Balaban J connectivity index is 0.00000145. The monoisotopic (exact) mass is 387 g/mol. The molecular formula is C25H29N3O. The van der Waals surface area contributed by atoms with Gasteiger partial charge in [0.2, 0.25) is 0 Å². The molecular weight excluding hydrogens is 358 g/mol. The third-order valence-electron chi connectivity index (χ3n) is 4.29. The minimum Gasteiger partial charge on any atom is -0.497 e. The summed E-state index contributed by atoms with van der Waals surface area (Å²) >= 11 is 0. The van der Waals surface area contributed by atoms with Crippen LogP contribution in [0.2, 0.25) is 0 Å². The molecule has 3 aromatic rings. The number of hydrogen-bond acceptors (Lipinski definition) is 4. The first-order valence-corrected chi connectivity index (χ1v) is 9.80. The number of hydrogen-bond donors (Lipinski definition) is 1. The molecule has 0 aliphatic rings. The zero-order chi connectivity index (χ0) is 21.2. The summed E-state index contributed by atoms with van der Waals surface area (Å²) in [5.74, 6) is 2.23. The van der Waals surface area contributed by atoms with Crippen LogP contribution in [-0.2, 0) is 0 Å². The van der Waals surface area contributed by atoms with Gasteiger partial charge in [-0.3, -0.25) is 0 Å². The Morgan fingerprint density at radius 3 is 2.52 bits per heavy atom. The predicted octanol–water partition coefficient (Wildman–Crippen LogP) is 6.52. The number of nitrogens with zero attached hydrogens (tertiary/aromatic N) is 2. The number of rotatable bonds is 6. The minimum atomic E-state index is 0.635. The number of aromatic nitrogens is 2. The lowest BCUT2D eigenvalue weighted by Crippen LogP contribution is -2.01. The summed E-state index contributed by atoms with van der Waals surface area (Å²) in [6.45, 7) is 9.88. The first-order valence-electron chi connectivity index (χ1n) is 9.80. The molecule has 0 fully saturated rings. The summed E-state index contributed by atoms with van der Waals surface area (Å²) < 4.78 is 5.38. The van der Waals surface area contributed by atoms with E-state index in [-0.39, 0.29) is 0 Å². The molecule has 150 valence electrons. The molecule has 0 spiro atoms. The minimum absolute atomic E-state index is 0.635. The molecule has 2 aromatic carbocycles. The van der Waals surface area contributed by atoms with Crippen LogP contribution in [0, 0.1) is 0 Å². The Kier molecular flexibility index (Phi) is 8.16. The molecule has 0 saturated carbocycles. The molecule has 0 unspecified atom stereocenters. The van der Waals surface area contributed by atoms with E-state index in [1.54, 1.807) is 13.2 Å². The predicted molar refractivity (Wildman–Crippen MR) is 125 cm³/mol. The van der Waals surface area contributed by atoms with Crippen molar-refractivity contribution in [2.24, 2.45) is 0 Å². The van der Waals surface area contributed by atoms with Crippen LogP contribution >= 0.6 is 0 Å². The maximum atomic E-state index is 5.38. The summed E-state index contributed by atoms with van der Waals surface area (Å²) in [6.07, 6.45) is 7.65. The van der Waals surface area contributed by atoms with Crippen molar-refractivity contribution in [3.05, 3.63) is 79.2 Å². The Morgan fingerprint density at radius 2 is 1.86 bits per heavy atom. The second-order valence-corrected chi connectivity index (χ2v) is 5.93. The van der Waals surface area contributed by atoms with Gasteiger partial charge in [-0.25, -0.2) is 9.97 Å². The van der Waals surface area contributed by atoms with E-state index >= 15 is 0 Å². The van der Waals surface area contributed by atoms with Gasteiger partial charge in [-0.15, -0.1) is 0 Å². The van der Waals surface area contributed by atoms with Gasteiger partial charge >= 0.3 is 0 Å². The fourth-order valence-electron chi connectivity index (χ4n) is 2.93. The molecule has 0 amide bonds. The van der Waals surface area contributed by atoms with E-state index in [2.05, 4.69) is 24.0 Å². The molecule has 0 aliphatic heterocycles. The molecule has 1 aromatic heterocycles. The van der Waals surface area contributed by atoms with Gasteiger partial charge in [-0.2, -0.15) is 0 Å². The van der Waals surface area contributed by atoms with Crippen molar-refractivity contribution in [3.8, 4) is 16.9 Å². The highest BCUT2D eigenvalue weighted by Crippen LogP contribution is 2.33. The standard InChI is InChI=1S/C23H23N3O.C2H6/c1-5-7-10-16(6-2)22-25-21-19(17-11-8-12-18(15-17)27-4)13-9-14-20(21)23(24-3)26-22;1-2/h5-15H,2H2,1,3-4H3,(H,24,25,26);1-2H3/b7-5-,16-10+;. The van der Waals surface area contributed by atoms with Crippen LogP contribution in [0.4, 0.5) is 5.82 Å². The second kappa shape index (κ2) is 10.8. The fraction of sp³-hybridized carbons (Fsp3) is 0.200. The first kappa shape index (κ1) is 21.9. The normalized spacial score (nSPS) is 11.1. The highest BCUT2D eigenvalue weighted by Gasteiger charge is 2.13. The number of ether oxygens (including phenoxy) is 1. The Morgan fingerprint density at radius 1 is 1.10 bits per heavy atom. The molecule has 0 bridgehead atoms. The molecule has 3 rings (SSSR count). The summed E-state index contributed by atoms with van der Waals surface area (Å²) in [4.78, 5) is 9.57. The Bertz CT molecular complexity index is 1040. The molecule has 1 heterocycles. The summed E-state index contributed by atoms with van der Waals surface area (Å²) in [5, 5.41) is 4.16. The van der Waals surface area contributed by atoms with Crippen molar-refractivity contribution in [2.45, 2.75) is 20.8 Å². The van der Waals surface area contributed by atoms with Crippen LogP contribution in [-0.4, -0.2) is 24.1 Å². The SMILES string of the molecule is C=C/C(=C\C=C/C)c1nc(NC)c2cccc(-c3cccc(OC)c3)c2n1.CC. The molecule has 0 saturated heterocycles. The lowest BCUT2D eigenvalue weighted by atomic mass is 10.0. The lowest BCUT2D eigenvalue weighted by molar-refractivity contribution is 0.415. The highest BCUT2D eigenvalue weighted by molar-refractivity contribution is 6.00. The van der Waals surface area contributed by atoms with Crippen LogP contribution in [0.3, 0.4) is 0 Å². The number of para-hydroxylation sites is 1. The van der Waals surface area contributed by atoms with E-state index in [9.17, 15) is 0 Å². The molecule has 4 heteroatoms. The van der Waals surface area contributed by atoms with Gasteiger partial charge in [0.1, 0.15) is 11.6 Å². The third-order valence-corrected chi connectivity index (χ3v) is 4.29.